The monoisotopic (exact) mass is 466 g/mol. The highest BCUT2D eigenvalue weighted by Crippen LogP contribution is 2.22. The van der Waals surface area contributed by atoms with Crippen LogP contribution in [0.25, 0.3) is 0 Å². The third-order valence-electron chi connectivity index (χ3n) is 4.57. The second-order valence-corrected chi connectivity index (χ2v) is 6.95. The molecule has 1 saturated heterocycles. The van der Waals surface area contributed by atoms with Crippen molar-refractivity contribution in [2.45, 2.75) is 39.2 Å². The van der Waals surface area contributed by atoms with Gasteiger partial charge in [0.1, 0.15) is 0 Å². The minimum absolute atomic E-state index is 0. The predicted molar refractivity (Wildman–Crippen MR) is 115 cm³/mol. The SMILES string of the molecule is CCNC(=NCC(O)(CC)CC)N1CCN(c2cccs2)CC1.I. The van der Waals surface area contributed by atoms with E-state index in [-0.39, 0.29) is 24.0 Å². The highest BCUT2D eigenvalue weighted by Gasteiger charge is 2.24. The third kappa shape index (κ3) is 5.77. The highest BCUT2D eigenvalue weighted by molar-refractivity contribution is 14.0. The van der Waals surface area contributed by atoms with E-state index in [9.17, 15) is 5.11 Å². The summed E-state index contributed by atoms with van der Waals surface area (Å²) in [6, 6.07) is 4.29. The van der Waals surface area contributed by atoms with Gasteiger partial charge in [0, 0.05) is 32.7 Å². The van der Waals surface area contributed by atoms with Gasteiger partial charge in [-0.15, -0.1) is 35.3 Å². The van der Waals surface area contributed by atoms with Crippen LogP contribution in [0.2, 0.25) is 0 Å². The maximum atomic E-state index is 10.5. The fraction of sp³-hybridized carbons (Fsp3) is 0.706. The molecule has 0 unspecified atom stereocenters. The number of nitrogens with one attached hydrogen (secondary N) is 1. The molecule has 24 heavy (non-hydrogen) atoms. The van der Waals surface area contributed by atoms with Crippen LogP contribution < -0.4 is 10.2 Å². The molecule has 0 saturated carbocycles. The molecule has 138 valence electrons. The number of thiophene rings is 1. The smallest absolute Gasteiger partial charge is 0.194 e. The lowest BCUT2D eigenvalue weighted by Crippen LogP contribution is -2.52. The lowest BCUT2D eigenvalue weighted by molar-refractivity contribution is 0.0415. The van der Waals surface area contributed by atoms with Gasteiger partial charge in [-0.25, -0.2) is 0 Å². The molecule has 0 bridgehead atoms. The molecule has 0 aromatic carbocycles. The fourth-order valence-corrected chi connectivity index (χ4v) is 3.50. The lowest BCUT2D eigenvalue weighted by atomic mass is 9.98. The maximum absolute atomic E-state index is 10.5. The molecule has 1 aliphatic heterocycles. The van der Waals surface area contributed by atoms with Gasteiger partial charge in [-0.3, -0.25) is 4.99 Å². The van der Waals surface area contributed by atoms with Gasteiger partial charge in [0.15, 0.2) is 5.96 Å². The molecule has 2 rings (SSSR count). The van der Waals surface area contributed by atoms with Crippen molar-refractivity contribution in [2.24, 2.45) is 4.99 Å². The van der Waals surface area contributed by atoms with Crippen molar-refractivity contribution in [3.63, 3.8) is 0 Å². The van der Waals surface area contributed by atoms with Gasteiger partial charge >= 0.3 is 0 Å². The Morgan fingerprint density at radius 1 is 1.25 bits per heavy atom. The summed E-state index contributed by atoms with van der Waals surface area (Å²) in [5, 5.41) is 17.3. The zero-order valence-corrected chi connectivity index (χ0v) is 18.1. The molecule has 1 aromatic heterocycles. The van der Waals surface area contributed by atoms with E-state index in [1.807, 2.05) is 13.8 Å². The standard InChI is InChI=1S/C17H30N4OS.HI/c1-4-17(22,5-2)14-19-16(18-6-3)21-11-9-20(10-12-21)15-8-7-13-23-15;/h7-8,13,22H,4-6,9-12,14H2,1-3H3,(H,18,19);1H. The number of piperazine rings is 1. The average Bonchev–Trinajstić information content (AvgIpc) is 3.13. The van der Waals surface area contributed by atoms with Crippen molar-refractivity contribution in [3.8, 4) is 0 Å². The molecule has 1 aliphatic rings. The van der Waals surface area contributed by atoms with Gasteiger partial charge in [0.2, 0.25) is 0 Å². The molecule has 0 spiro atoms. The van der Waals surface area contributed by atoms with Crippen LogP contribution >= 0.6 is 35.3 Å². The number of anilines is 1. The molecule has 0 aliphatic carbocycles. The molecular formula is C17H31IN4OS. The summed E-state index contributed by atoms with van der Waals surface area (Å²) < 4.78 is 0. The predicted octanol–water partition coefficient (Wildman–Crippen LogP) is 3.00. The van der Waals surface area contributed by atoms with Crippen molar-refractivity contribution in [2.75, 3.05) is 44.2 Å². The summed E-state index contributed by atoms with van der Waals surface area (Å²) in [5.41, 5.74) is -0.681. The second kappa shape index (κ2) is 10.5. The van der Waals surface area contributed by atoms with Crippen LogP contribution in [0.5, 0.6) is 0 Å². The number of aliphatic hydroxyl groups is 1. The number of rotatable bonds is 6. The maximum Gasteiger partial charge on any atom is 0.194 e. The molecule has 5 nitrogen and oxygen atoms in total. The number of aliphatic imine (C=N–C) groups is 1. The zero-order chi connectivity index (χ0) is 16.7. The summed E-state index contributed by atoms with van der Waals surface area (Å²) in [5.74, 6) is 0.929. The largest absolute Gasteiger partial charge is 0.388 e. The zero-order valence-electron chi connectivity index (χ0n) is 15.0. The van der Waals surface area contributed by atoms with Gasteiger partial charge < -0.3 is 20.2 Å². The van der Waals surface area contributed by atoms with Crippen LogP contribution in [-0.2, 0) is 0 Å². The molecule has 0 atom stereocenters. The van der Waals surface area contributed by atoms with Gasteiger partial charge in [-0.05, 0) is 37.3 Å². The molecule has 7 heteroatoms. The van der Waals surface area contributed by atoms with E-state index in [0.717, 1.165) is 51.5 Å². The van der Waals surface area contributed by atoms with E-state index in [1.165, 1.54) is 5.00 Å². The van der Waals surface area contributed by atoms with Crippen LogP contribution in [0.15, 0.2) is 22.5 Å². The van der Waals surface area contributed by atoms with Gasteiger partial charge in [-0.2, -0.15) is 0 Å². The summed E-state index contributed by atoms with van der Waals surface area (Å²) in [7, 11) is 0. The quantitative estimate of drug-likeness (QED) is 0.385. The van der Waals surface area contributed by atoms with E-state index >= 15 is 0 Å². The molecular weight excluding hydrogens is 435 g/mol. The van der Waals surface area contributed by atoms with E-state index in [1.54, 1.807) is 11.3 Å². The summed E-state index contributed by atoms with van der Waals surface area (Å²) in [6.07, 6.45) is 1.47. The fourth-order valence-electron chi connectivity index (χ4n) is 2.71. The van der Waals surface area contributed by atoms with Crippen molar-refractivity contribution >= 4 is 46.3 Å². The first-order valence-corrected chi connectivity index (χ1v) is 9.54. The minimum atomic E-state index is -0.681. The van der Waals surface area contributed by atoms with Crippen molar-refractivity contribution < 1.29 is 5.11 Å². The lowest BCUT2D eigenvalue weighted by Gasteiger charge is -2.37. The Kier molecular flexibility index (Phi) is 9.36. The molecule has 0 amide bonds. The number of nitrogens with zero attached hydrogens (tertiary/aromatic N) is 3. The molecule has 0 radical (unpaired) electrons. The Morgan fingerprint density at radius 2 is 1.92 bits per heavy atom. The summed E-state index contributed by atoms with van der Waals surface area (Å²) >= 11 is 1.80. The number of hydrogen-bond donors (Lipinski definition) is 2. The van der Waals surface area contributed by atoms with Crippen LogP contribution in [0.3, 0.4) is 0 Å². The first-order chi connectivity index (χ1) is 11.1. The highest BCUT2D eigenvalue weighted by atomic mass is 127. The Morgan fingerprint density at radius 3 is 2.42 bits per heavy atom. The van der Waals surface area contributed by atoms with Crippen LogP contribution in [0.4, 0.5) is 5.00 Å². The third-order valence-corrected chi connectivity index (χ3v) is 5.50. The van der Waals surface area contributed by atoms with Crippen molar-refractivity contribution in [1.29, 1.82) is 0 Å². The molecule has 2 heterocycles. The summed E-state index contributed by atoms with van der Waals surface area (Å²) in [6.45, 7) is 11.4. The van der Waals surface area contributed by atoms with Gasteiger partial charge in [0.05, 0.1) is 17.1 Å². The van der Waals surface area contributed by atoms with Crippen molar-refractivity contribution in [1.82, 2.24) is 10.2 Å². The number of halogens is 1. The van der Waals surface area contributed by atoms with Gasteiger partial charge in [0.25, 0.3) is 0 Å². The van der Waals surface area contributed by atoms with Crippen LogP contribution in [0.1, 0.15) is 33.6 Å². The first kappa shape index (κ1) is 21.5. The van der Waals surface area contributed by atoms with Crippen LogP contribution in [-0.4, -0.2) is 60.8 Å². The van der Waals surface area contributed by atoms with E-state index in [2.05, 4.69) is 39.6 Å². The van der Waals surface area contributed by atoms with Crippen molar-refractivity contribution in [3.05, 3.63) is 17.5 Å². The molecule has 2 N–H and O–H groups in total. The Hall–Kier alpha value is -0.540. The number of guanidine groups is 1. The molecule has 1 aromatic rings. The minimum Gasteiger partial charge on any atom is -0.388 e. The van der Waals surface area contributed by atoms with E-state index in [4.69, 9.17) is 4.99 Å². The topological polar surface area (TPSA) is 51.1 Å². The Balaban J connectivity index is 0.00000288. The number of hydrogen-bond acceptors (Lipinski definition) is 4. The average molecular weight is 466 g/mol. The summed E-state index contributed by atoms with van der Waals surface area (Å²) in [4.78, 5) is 9.44. The normalized spacial score (nSPS) is 16.1. The Labute approximate surface area is 167 Å². The second-order valence-electron chi connectivity index (χ2n) is 6.03. The van der Waals surface area contributed by atoms with E-state index in [0.29, 0.717) is 6.54 Å². The van der Waals surface area contributed by atoms with E-state index < -0.39 is 5.60 Å². The van der Waals surface area contributed by atoms with Crippen LogP contribution in [0, 0.1) is 0 Å². The molecule has 1 fully saturated rings. The van der Waals surface area contributed by atoms with Gasteiger partial charge in [-0.1, -0.05) is 13.8 Å². The first-order valence-electron chi connectivity index (χ1n) is 8.66. The Bertz CT molecular complexity index is 483.